The van der Waals surface area contributed by atoms with E-state index in [0.717, 1.165) is 11.1 Å². The van der Waals surface area contributed by atoms with Crippen LogP contribution in [0.1, 0.15) is 24.1 Å². The monoisotopic (exact) mass is 264 g/mol. The van der Waals surface area contributed by atoms with E-state index >= 15 is 0 Å². The van der Waals surface area contributed by atoms with E-state index in [0.29, 0.717) is 11.6 Å². The molecule has 94 valence electrons. The summed E-state index contributed by atoms with van der Waals surface area (Å²) >= 11 is 6.01. The molecule has 0 saturated heterocycles. The molecule has 0 radical (unpaired) electrons. The summed E-state index contributed by atoms with van der Waals surface area (Å²) in [7, 11) is 0. The van der Waals surface area contributed by atoms with Crippen LogP contribution in [-0.2, 0) is 6.54 Å². The molecule has 1 atom stereocenters. The Balaban J connectivity index is 2.01. The van der Waals surface area contributed by atoms with E-state index in [1.165, 1.54) is 12.1 Å². The van der Waals surface area contributed by atoms with Crippen LogP contribution < -0.4 is 5.32 Å². The van der Waals surface area contributed by atoms with Crippen LogP contribution in [0.3, 0.4) is 0 Å². The summed E-state index contributed by atoms with van der Waals surface area (Å²) < 4.78 is 13.1. The molecular weight excluding hydrogens is 251 g/mol. The Hall–Kier alpha value is -1.45. The zero-order valence-corrected chi connectivity index (χ0v) is 10.8. The number of halogens is 2. The van der Waals surface area contributed by atoms with E-state index < -0.39 is 0 Å². The molecule has 1 aromatic carbocycles. The topological polar surface area (TPSA) is 24.9 Å². The average molecular weight is 265 g/mol. The highest BCUT2D eigenvalue weighted by Crippen LogP contribution is 2.18. The summed E-state index contributed by atoms with van der Waals surface area (Å²) in [4.78, 5) is 3.97. The van der Waals surface area contributed by atoms with E-state index in [4.69, 9.17) is 11.6 Å². The molecule has 0 unspecified atom stereocenters. The Labute approximate surface area is 111 Å². The van der Waals surface area contributed by atoms with Gasteiger partial charge in [-0.2, -0.15) is 0 Å². The second-order valence-electron chi connectivity index (χ2n) is 4.12. The van der Waals surface area contributed by atoms with Crippen LogP contribution in [0, 0.1) is 5.82 Å². The second kappa shape index (κ2) is 5.94. The maximum Gasteiger partial charge on any atom is 0.123 e. The molecule has 0 saturated carbocycles. The summed E-state index contributed by atoms with van der Waals surface area (Å²) in [6.45, 7) is 2.57. The van der Waals surface area contributed by atoms with Gasteiger partial charge in [0, 0.05) is 30.0 Å². The number of pyridine rings is 1. The lowest BCUT2D eigenvalue weighted by molar-refractivity contribution is 0.569. The zero-order chi connectivity index (χ0) is 13.0. The van der Waals surface area contributed by atoms with Crippen LogP contribution in [0.15, 0.2) is 42.7 Å². The predicted molar refractivity (Wildman–Crippen MR) is 70.9 cm³/mol. The van der Waals surface area contributed by atoms with Gasteiger partial charge in [0.1, 0.15) is 5.82 Å². The maximum absolute atomic E-state index is 13.1. The Kier molecular flexibility index (Phi) is 4.28. The minimum atomic E-state index is -0.271. The third-order valence-corrected chi connectivity index (χ3v) is 3.18. The van der Waals surface area contributed by atoms with Crippen molar-refractivity contribution < 1.29 is 4.39 Å². The Morgan fingerprint density at radius 2 is 2.00 bits per heavy atom. The fourth-order valence-corrected chi connectivity index (χ4v) is 1.90. The summed E-state index contributed by atoms with van der Waals surface area (Å²) in [5, 5.41) is 3.88. The number of rotatable bonds is 4. The standard InChI is InChI=1S/C14H14ClFN2/c1-10(11-4-6-17-7-5-11)18-9-12-8-13(16)2-3-14(12)15/h2-8,10,18H,9H2,1H3/t10-/m1/s1. The van der Waals surface area contributed by atoms with Crippen molar-refractivity contribution in [1.82, 2.24) is 10.3 Å². The third kappa shape index (κ3) is 3.28. The zero-order valence-electron chi connectivity index (χ0n) is 10.0. The average Bonchev–Trinajstić information content (AvgIpc) is 2.40. The number of hydrogen-bond donors (Lipinski definition) is 1. The van der Waals surface area contributed by atoms with Crippen molar-refractivity contribution in [2.75, 3.05) is 0 Å². The molecule has 0 spiro atoms. The molecule has 4 heteroatoms. The number of aromatic nitrogens is 1. The largest absolute Gasteiger partial charge is 0.306 e. The lowest BCUT2D eigenvalue weighted by Crippen LogP contribution is -2.18. The van der Waals surface area contributed by atoms with Crippen molar-refractivity contribution in [2.24, 2.45) is 0 Å². The van der Waals surface area contributed by atoms with Gasteiger partial charge < -0.3 is 5.32 Å². The molecule has 1 N–H and O–H groups in total. The first-order valence-corrected chi connectivity index (χ1v) is 6.12. The number of hydrogen-bond acceptors (Lipinski definition) is 2. The van der Waals surface area contributed by atoms with Crippen molar-refractivity contribution in [1.29, 1.82) is 0 Å². The van der Waals surface area contributed by atoms with Crippen LogP contribution in [0.5, 0.6) is 0 Å². The van der Waals surface area contributed by atoms with Crippen molar-refractivity contribution >= 4 is 11.6 Å². The third-order valence-electron chi connectivity index (χ3n) is 2.81. The normalized spacial score (nSPS) is 12.4. The Morgan fingerprint density at radius 3 is 2.72 bits per heavy atom. The van der Waals surface area contributed by atoms with Gasteiger partial charge in [-0.05, 0) is 48.4 Å². The van der Waals surface area contributed by atoms with Crippen molar-refractivity contribution in [3.63, 3.8) is 0 Å². The highest BCUT2D eigenvalue weighted by atomic mass is 35.5. The van der Waals surface area contributed by atoms with Crippen molar-refractivity contribution in [2.45, 2.75) is 19.5 Å². The van der Waals surface area contributed by atoms with Crippen LogP contribution >= 0.6 is 11.6 Å². The molecule has 2 aromatic rings. The molecule has 2 nitrogen and oxygen atoms in total. The van der Waals surface area contributed by atoms with Crippen molar-refractivity contribution in [3.8, 4) is 0 Å². The van der Waals surface area contributed by atoms with E-state index in [1.54, 1.807) is 18.5 Å². The quantitative estimate of drug-likeness (QED) is 0.910. The van der Waals surface area contributed by atoms with Gasteiger partial charge in [0.2, 0.25) is 0 Å². The number of nitrogens with one attached hydrogen (secondary N) is 1. The molecule has 0 fully saturated rings. The molecule has 0 bridgehead atoms. The van der Waals surface area contributed by atoms with Crippen molar-refractivity contribution in [3.05, 3.63) is 64.7 Å². The van der Waals surface area contributed by atoms with Gasteiger partial charge in [0.25, 0.3) is 0 Å². The molecule has 0 aliphatic carbocycles. The minimum Gasteiger partial charge on any atom is -0.306 e. The summed E-state index contributed by atoms with van der Waals surface area (Å²) in [5.74, 6) is -0.271. The highest BCUT2D eigenvalue weighted by Gasteiger charge is 2.06. The minimum absolute atomic E-state index is 0.160. The lowest BCUT2D eigenvalue weighted by atomic mass is 10.1. The van der Waals surface area contributed by atoms with Gasteiger partial charge in [0.05, 0.1) is 0 Å². The summed E-state index contributed by atoms with van der Waals surface area (Å²) in [6, 6.07) is 8.44. The highest BCUT2D eigenvalue weighted by molar-refractivity contribution is 6.31. The molecule has 18 heavy (non-hydrogen) atoms. The van der Waals surface area contributed by atoms with Gasteiger partial charge >= 0.3 is 0 Å². The molecule has 0 aliphatic rings. The van der Waals surface area contributed by atoms with Crippen LogP contribution in [-0.4, -0.2) is 4.98 Å². The van der Waals surface area contributed by atoms with Gasteiger partial charge in [0.15, 0.2) is 0 Å². The second-order valence-corrected chi connectivity index (χ2v) is 4.53. The molecule has 1 heterocycles. The van der Waals surface area contributed by atoms with Gasteiger partial charge in [-0.25, -0.2) is 4.39 Å². The molecule has 2 rings (SSSR count). The van der Waals surface area contributed by atoms with Crippen LogP contribution in [0.2, 0.25) is 5.02 Å². The van der Waals surface area contributed by atoms with E-state index in [9.17, 15) is 4.39 Å². The molecule has 0 aliphatic heterocycles. The maximum atomic E-state index is 13.1. The van der Waals surface area contributed by atoms with Gasteiger partial charge in [-0.3, -0.25) is 4.98 Å². The molecule has 1 aromatic heterocycles. The lowest BCUT2D eigenvalue weighted by Gasteiger charge is -2.14. The van der Waals surface area contributed by atoms with E-state index in [1.807, 2.05) is 19.1 Å². The van der Waals surface area contributed by atoms with E-state index in [2.05, 4.69) is 10.3 Å². The first kappa shape index (κ1) is 13.0. The SMILES string of the molecule is C[C@@H](NCc1cc(F)ccc1Cl)c1ccncc1. The van der Waals surface area contributed by atoms with E-state index in [-0.39, 0.29) is 11.9 Å². The Bertz CT molecular complexity index is 516. The van der Waals surface area contributed by atoms with Gasteiger partial charge in [-0.1, -0.05) is 11.6 Å². The summed E-state index contributed by atoms with van der Waals surface area (Å²) in [6.07, 6.45) is 3.51. The number of benzene rings is 1. The molecular formula is C14H14ClFN2. The fourth-order valence-electron chi connectivity index (χ4n) is 1.71. The fraction of sp³-hybridized carbons (Fsp3) is 0.214. The Morgan fingerprint density at radius 1 is 1.28 bits per heavy atom. The smallest absolute Gasteiger partial charge is 0.123 e. The first-order valence-electron chi connectivity index (χ1n) is 5.74. The predicted octanol–water partition coefficient (Wildman–Crippen LogP) is 3.72. The van der Waals surface area contributed by atoms with Crippen LogP contribution in [0.25, 0.3) is 0 Å². The van der Waals surface area contributed by atoms with Gasteiger partial charge in [-0.15, -0.1) is 0 Å². The summed E-state index contributed by atoms with van der Waals surface area (Å²) in [5.41, 5.74) is 1.90. The first-order chi connectivity index (χ1) is 8.66. The number of nitrogens with zero attached hydrogens (tertiary/aromatic N) is 1. The van der Waals surface area contributed by atoms with Crippen LogP contribution in [0.4, 0.5) is 4.39 Å². The molecule has 0 amide bonds.